The number of aliphatic hydroxyl groups excluding tert-OH is 1. The van der Waals surface area contributed by atoms with E-state index < -0.39 is 0 Å². The van der Waals surface area contributed by atoms with Gasteiger partial charge in [-0.2, -0.15) is 0 Å². The molecule has 0 aliphatic carbocycles. The zero-order valence-electron chi connectivity index (χ0n) is 5.59. The van der Waals surface area contributed by atoms with Crippen LogP contribution in [0.25, 0.3) is 0 Å². The Labute approximate surface area is 72.6 Å². The maximum atomic E-state index is 8.57. The summed E-state index contributed by atoms with van der Waals surface area (Å²) < 4.78 is 5.91. The first kappa shape index (κ1) is 8.00. The van der Waals surface area contributed by atoms with E-state index in [0.717, 1.165) is 9.46 Å². The summed E-state index contributed by atoms with van der Waals surface area (Å²) in [7, 11) is 0. The molecular weight excluding hydrogens is 245 g/mol. The first-order chi connectivity index (χ1) is 4.74. The molecule has 10 heavy (non-hydrogen) atoms. The van der Waals surface area contributed by atoms with Crippen LogP contribution >= 0.6 is 22.6 Å². The van der Waals surface area contributed by atoms with Crippen LogP contribution in [0.15, 0.2) is 4.42 Å². The fourth-order valence-corrected chi connectivity index (χ4v) is 1.41. The predicted molar refractivity (Wildman–Crippen MR) is 44.7 cm³/mol. The van der Waals surface area contributed by atoms with E-state index in [1.54, 1.807) is 6.92 Å². The van der Waals surface area contributed by atoms with Gasteiger partial charge in [-0.3, -0.25) is 0 Å². The summed E-state index contributed by atoms with van der Waals surface area (Å²) in [5.74, 6) is 0.660. The maximum Gasteiger partial charge on any atom is 0.192 e. The van der Waals surface area contributed by atoms with E-state index in [2.05, 4.69) is 27.6 Å². The van der Waals surface area contributed by atoms with E-state index in [-0.39, 0.29) is 6.61 Å². The molecule has 0 spiro atoms. The lowest BCUT2D eigenvalue weighted by Crippen LogP contribution is -1.92. The lowest BCUT2D eigenvalue weighted by molar-refractivity contribution is 0.297. The highest BCUT2D eigenvalue weighted by molar-refractivity contribution is 14.1. The van der Waals surface area contributed by atoms with Crippen LogP contribution in [0.5, 0.6) is 0 Å². The van der Waals surface area contributed by atoms with Crippen LogP contribution in [0.3, 0.4) is 0 Å². The van der Waals surface area contributed by atoms with Crippen molar-refractivity contribution in [2.75, 3.05) is 6.61 Å². The molecule has 1 heterocycles. The molecule has 0 aliphatic rings. The van der Waals surface area contributed by atoms with Gasteiger partial charge >= 0.3 is 0 Å². The second kappa shape index (κ2) is 3.34. The molecule has 0 aliphatic heterocycles. The summed E-state index contributed by atoms with van der Waals surface area (Å²) in [5.41, 5.74) is 0.848. The van der Waals surface area contributed by atoms with Crippen molar-refractivity contribution in [1.29, 1.82) is 0 Å². The standard InChI is InChI=1S/C6H8INO2/c1-4-8-5(2-3-9)6(7)10-4/h9H,2-3H2,1H3. The minimum Gasteiger partial charge on any atom is -0.435 e. The lowest BCUT2D eigenvalue weighted by Gasteiger charge is -1.87. The number of hydrogen-bond donors (Lipinski definition) is 1. The van der Waals surface area contributed by atoms with Crippen LogP contribution in [0.1, 0.15) is 11.6 Å². The Kier molecular flexibility index (Phi) is 2.67. The van der Waals surface area contributed by atoms with Gasteiger partial charge in [-0.15, -0.1) is 0 Å². The Morgan fingerprint density at radius 2 is 2.40 bits per heavy atom. The molecule has 1 N–H and O–H groups in total. The average molecular weight is 253 g/mol. The second-order valence-electron chi connectivity index (χ2n) is 1.93. The topological polar surface area (TPSA) is 46.3 Å². The SMILES string of the molecule is Cc1nc(CCO)c(I)o1. The highest BCUT2D eigenvalue weighted by Crippen LogP contribution is 2.12. The van der Waals surface area contributed by atoms with E-state index in [9.17, 15) is 0 Å². The Morgan fingerprint density at radius 3 is 2.80 bits per heavy atom. The van der Waals surface area contributed by atoms with Gasteiger partial charge in [0.15, 0.2) is 9.66 Å². The molecule has 0 saturated carbocycles. The van der Waals surface area contributed by atoms with Gasteiger partial charge in [0.25, 0.3) is 0 Å². The van der Waals surface area contributed by atoms with Crippen LogP contribution < -0.4 is 0 Å². The lowest BCUT2D eigenvalue weighted by atomic mass is 10.4. The number of nitrogens with zero attached hydrogens (tertiary/aromatic N) is 1. The quantitative estimate of drug-likeness (QED) is 0.803. The van der Waals surface area contributed by atoms with Crippen LogP contribution in [-0.4, -0.2) is 16.7 Å². The molecule has 0 bridgehead atoms. The Hall–Kier alpha value is -0.100. The van der Waals surface area contributed by atoms with Gasteiger partial charge in [0.2, 0.25) is 0 Å². The maximum absolute atomic E-state index is 8.57. The fraction of sp³-hybridized carbons (Fsp3) is 0.500. The van der Waals surface area contributed by atoms with Gasteiger partial charge in [0, 0.05) is 42.5 Å². The normalized spacial score (nSPS) is 10.3. The van der Waals surface area contributed by atoms with Crippen LogP contribution in [0, 0.1) is 10.7 Å². The summed E-state index contributed by atoms with van der Waals surface area (Å²) in [6.45, 7) is 1.92. The third-order valence-electron chi connectivity index (χ3n) is 1.11. The van der Waals surface area contributed by atoms with Crippen molar-refractivity contribution < 1.29 is 9.52 Å². The second-order valence-corrected chi connectivity index (χ2v) is 2.91. The van der Waals surface area contributed by atoms with Gasteiger partial charge in [0.05, 0.1) is 5.69 Å². The van der Waals surface area contributed by atoms with Crippen LogP contribution in [-0.2, 0) is 6.42 Å². The first-order valence-corrected chi connectivity index (χ1v) is 4.04. The Morgan fingerprint density at radius 1 is 1.70 bits per heavy atom. The van der Waals surface area contributed by atoms with E-state index >= 15 is 0 Å². The van der Waals surface area contributed by atoms with Gasteiger partial charge in [-0.25, -0.2) is 4.98 Å². The first-order valence-electron chi connectivity index (χ1n) is 2.96. The van der Waals surface area contributed by atoms with Crippen molar-refractivity contribution in [3.63, 3.8) is 0 Å². The number of aromatic nitrogens is 1. The molecule has 3 nitrogen and oxygen atoms in total. The molecule has 1 aromatic rings. The molecule has 56 valence electrons. The van der Waals surface area contributed by atoms with Gasteiger partial charge < -0.3 is 9.52 Å². The number of aryl methyl sites for hydroxylation is 1. The molecule has 1 aromatic heterocycles. The zero-order valence-corrected chi connectivity index (χ0v) is 7.75. The third kappa shape index (κ3) is 1.69. The average Bonchev–Trinajstić information content (AvgIpc) is 2.13. The summed E-state index contributed by atoms with van der Waals surface area (Å²) in [6.07, 6.45) is 0.579. The summed E-state index contributed by atoms with van der Waals surface area (Å²) in [5, 5.41) is 8.57. The number of halogens is 1. The van der Waals surface area contributed by atoms with Crippen LogP contribution in [0.4, 0.5) is 0 Å². The zero-order chi connectivity index (χ0) is 7.56. The monoisotopic (exact) mass is 253 g/mol. The van der Waals surface area contributed by atoms with Crippen molar-refractivity contribution in [2.45, 2.75) is 13.3 Å². The molecule has 0 radical (unpaired) electrons. The van der Waals surface area contributed by atoms with Crippen molar-refractivity contribution in [2.24, 2.45) is 0 Å². The molecule has 1 rings (SSSR count). The minimum absolute atomic E-state index is 0.127. The highest BCUT2D eigenvalue weighted by atomic mass is 127. The molecule has 0 aromatic carbocycles. The predicted octanol–water partition coefficient (Wildman–Crippen LogP) is 1.12. The summed E-state index contributed by atoms with van der Waals surface area (Å²) in [4.78, 5) is 4.07. The summed E-state index contributed by atoms with van der Waals surface area (Å²) >= 11 is 2.06. The smallest absolute Gasteiger partial charge is 0.192 e. The van der Waals surface area contributed by atoms with Crippen LogP contribution in [0.2, 0.25) is 0 Å². The molecule has 0 saturated heterocycles. The number of aliphatic hydroxyl groups is 1. The molecule has 0 fully saturated rings. The fourth-order valence-electron chi connectivity index (χ4n) is 0.705. The largest absolute Gasteiger partial charge is 0.435 e. The minimum atomic E-state index is 0.127. The van der Waals surface area contributed by atoms with E-state index in [0.29, 0.717) is 12.3 Å². The van der Waals surface area contributed by atoms with E-state index in [4.69, 9.17) is 9.52 Å². The molecule has 0 atom stereocenters. The van der Waals surface area contributed by atoms with E-state index in [1.807, 2.05) is 0 Å². The molecular formula is C6H8INO2. The van der Waals surface area contributed by atoms with E-state index in [1.165, 1.54) is 0 Å². The Bertz CT molecular complexity index is 222. The van der Waals surface area contributed by atoms with Crippen molar-refractivity contribution >= 4 is 22.6 Å². The summed E-state index contributed by atoms with van der Waals surface area (Å²) in [6, 6.07) is 0. The third-order valence-corrected chi connectivity index (χ3v) is 1.95. The highest BCUT2D eigenvalue weighted by Gasteiger charge is 2.05. The van der Waals surface area contributed by atoms with Crippen molar-refractivity contribution in [3.8, 4) is 0 Å². The Balaban J connectivity index is 2.81. The molecule has 0 unspecified atom stereocenters. The molecule has 4 heteroatoms. The van der Waals surface area contributed by atoms with Crippen molar-refractivity contribution in [3.05, 3.63) is 15.4 Å². The van der Waals surface area contributed by atoms with Gasteiger partial charge in [0.1, 0.15) is 0 Å². The number of hydrogen-bond acceptors (Lipinski definition) is 3. The van der Waals surface area contributed by atoms with Gasteiger partial charge in [-0.05, 0) is 0 Å². The van der Waals surface area contributed by atoms with Crippen molar-refractivity contribution in [1.82, 2.24) is 4.98 Å². The molecule has 0 amide bonds. The number of rotatable bonds is 2. The number of oxazole rings is 1. The van der Waals surface area contributed by atoms with Gasteiger partial charge in [-0.1, -0.05) is 0 Å².